The zero-order chi connectivity index (χ0) is 67.9. The molecular formula is C71H76F4N12O8. The largest absolute Gasteiger partial charge is 0.463 e. The van der Waals surface area contributed by atoms with Gasteiger partial charge in [0.15, 0.2) is 0 Å². The standard InChI is InChI=1S/C71H76F4N12O8/c1-7-94-66(90)60-47(4)87(57-16-10-14-54(42-57)71(73,74)75)69(93)84(62(60)49-19-17-48(43-76)18-20-49)31-11-29-80-33-37-82(38-34-80)64(88)51-23-27-58(78-44-51)59-28-24-52(45-79-59)65(89)83-39-35-81(36-40-83)30-12-32-85-63(50-21-25-55(77)26-22-50)61(67(91)95-8-2)46(3)86(68(85)92)56-15-9-13-53(41-56)70(5,6)72/h9-10,13-28,41-42,44-45,62-63H,7-8,11-12,29-40,77H2,1-6H3. The van der Waals surface area contributed by atoms with Crippen LogP contribution in [0.5, 0.6) is 0 Å². The molecule has 0 aliphatic carbocycles. The molecule has 20 nitrogen and oxygen atoms in total. The molecule has 95 heavy (non-hydrogen) atoms. The lowest BCUT2D eigenvalue weighted by Gasteiger charge is -2.43. The summed E-state index contributed by atoms with van der Waals surface area (Å²) in [7, 11) is 0. The molecule has 2 atom stereocenters. The minimum atomic E-state index is -4.70. The Morgan fingerprint density at radius 3 is 1.36 bits per heavy atom. The van der Waals surface area contributed by atoms with E-state index in [1.54, 1.807) is 133 Å². The Bertz CT molecular complexity index is 3930. The first-order valence-corrected chi connectivity index (χ1v) is 31.7. The van der Waals surface area contributed by atoms with Crippen LogP contribution in [0.15, 0.2) is 156 Å². The average molecular weight is 1300 g/mol. The molecule has 2 N–H and O–H groups in total. The number of nitrogen functional groups attached to an aromatic ring is 1. The van der Waals surface area contributed by atoms with E-state index in [-0.39, 0.29) is 66.7 Å². The highest BCUT2D eigenvalue weighted by atomic mass is 19.4. The number of hydrogen-bond acceptors (Lipinski definition) is 14. The number of carbonyl (C=O) groups excluding carboxylic acids is 6. The predicted molar refractivity (Wildman–Crippen MR) is 349 cm³/mol. The highest BCUT2D eigenvalue weighted by molar-refractivity contribution is 6.05. The number of carbonyl (C=O) groups is 6. The molecule has 0 spiro atoms. The van der Waals surface area contributed by atoms with Crippen molar-refractivity contribution >= 4 is 52.9 Å². The minimum absolute atomic E-state index is 0.00165. The second kappa shape index (κ2) is 29.1. The lowest BCUT2D eigenvalue weighted by molar-refractivity contribution is -0.140. The van der Waals surface area contributed by atoms with Gasteiger partial charge in [-0.15, -0.1) is 0 Å². The molecule has 6 amide bonds. The number of halogens is 4. The van der Waals surface area contributed by atoms with Crippen molar-refractivity contribution in [1.29, 1.82) is 5.26 Å². The highest BCUT2D eigenvalue weighted by Gasteiger charge is 2.45. The number of esters is 2. The van der Waals surface area contributed by atoms with E-state index >= 15 is 4.39 Å². The second-order valence-corrected chi connectivity index (χ2v) is 24.2. The molecule has 4 aliphatic heterocycles. The number of amides is 6. The van der Waals surface area contributed by atoms with E-state index in [1.807, 2.05) is 0 Å². The Hall–Kier alpha value is -9.99. The number of anilines is 3. The van der Waals surface area contributed by atoms with Gasteiger partial charge >= 0.3 is 30.2 Å². The molecule has 2 aromatic heterocycles. The summed E-state index contributed by atoms with van der Waals surface area (Å²) >= 11 is 0. The van der Waals surface area contributed by atoms with E-state index in [2.05, 4.69) is 25.8 Å². The number of nitrogens with zero attached hydrogens (tertiary/aromatic N) is 11. The molecule has 4 aliphatic rings. The number of aromatic nitrogens is 2. The van der Waals surface area contributed by atoms with Crippen LogP contribution in [-0.2, 0) is 30.9 Å². The van der Waals surface area contributed by atoms with E-state index < -0.39 is 47.5 Å². The molecular weight excluding hydrogens is 1220 g/mol. The van der Waals surface area contributed by atoms with Crippen molar-refractivity contribution in [2.45, 2.75) is 78.3 Å². The average Bonchev–Trinajstić information content (AvgIpc) is 0.756. The van der Waals surface area contributed by atoms with Crippen molar-refractivity contribution in [3.05, 3.63) is 195 Å². The van der Waals surface area contributed by atoms with Crippen molar-refractivity contribution in [3.63, 3.8) is 0 Å². The van der Waals surface area contributed by atoms with Gasteiger partial charge in [0.25, 0.3) is 11.8 Å². The number of pyridine rings is 2. The molecule has 2 unspecified atom stereocenters. The Morgan fingerprint density at radius 2 is 0.979 bits per heavy atom. The normalized spacial score (nSPS) is 17.7. The number of rotatable bonds is 20. The van der Waals surface area contributed by atoms with Crippen LogP contribution in [0.1, 0.15) is 115 Å². The van der Waals surface area contributed by atoms with Gasteiger partial charge in [-0.3, -0.25) is 39.2 Å². The van der Waals surface area contributed by atoms with Crippen molar-refractivity contribution in [3.8, 4) is 17.5 Å². The number of piperazine rings is 2. The molecule has 496 valence electrons. The van der Waals surface area contributed by atoms with E-state index in [1.165, 1.54) is 55.1 Å². The van der Waals surface area contributed by atoms with Crippen molar-refractivity contribution in [2.24, 2.45) is 0 Å². The van der Waals surface area contributed by atoms with Gasteiger partial charge in [-0.05, 0) is 163 Å². The van der Waals surface area contributed by atoms with E-state index in [0.29, 0.717) is 140 Å². The summed E-state index contributed by atoms with van der Waals surface area (Å²) in [6.45, 7) is 14.8. The Kier molecular flexibility index (Phi) is 20.8. The van der Waals surface area contributed by atoms with Crippen LogP contribution in [0.4, 0.5) is 44.2 Å². The summed E-state index contributed by atoms with van der Waals surface area (Å²) in [6.07, 6.45) is -0.758. The summed E-state index contributed by atoms with van der Waals surface area (Å²) in [5, 5.41) is 9.54. The lowest BCUT2D eigenvalue weighted by atomic mass is 9.92. The third kappa shape index (κ3) is 15.0. The number of alkyl halides is 4. The number of urea groups is 2. The molecule has 2 saturated heterocycles. The fraction of sp³-hybridized carbons (Fsp3) is 0.366. The third-order valence-corrected chi connectivity index (χ3v) is 17.7. The predicted octanol–water partition coefficient (Wildman–Crippen LogP) is 11.2. The van der Waals surface area contributed by atoms with Crippen LogP contribution in [0, 0.1) is 11.3 Å². The molecule has 24 heteroatoms. The van der Waals surface area contributed by atoms with Gasteiger partial charge in [0, 0.05) is 94.9 Å². The summed E-state index contributed by atoms with van der Waals surface area (Å²) in [6, 6.07) is 30.6. The van der Waals surface area contributed by atoms with Crippen LogP contribution < -0.4 is 15.5 Å². The molecule has 0 bridgehead atoms. The molecule has 10 rings (SSSR count). The van der Waals surface area contributed by atoms with Crippen molar-refractivity contribution < 1.29 is 55.8 Å². The number of hydrogen-bond donors (Lipinski definition) is 1. The van der Waals surface area contributed by atoms with Crippen molar-refractivity contribution in [1.82, 2.24) is 39.4 Å². The van der Waals surface area contributed by atoms with Crippen LogP contribution >= 0.6 is 0 Å². The quantitative estimate of drug-likeness (QED) is 0.0427. The summed E-state index contributed by atoms with van der Waals surface area (Å²) in [4.78, 5) is 108. The molecule has 6 heterocycles. The smallest absolute Gasteiger partial charge is 0.416 e. The topological polar surface area (TPSA) is 222 Å². The van der Waals surface area contributed by atoms with Crippen LogP contribution in [0.25, 0.3) is 11.4 Å². The summed E-state index contributed by atoms with van der Waals surface area (Å²) < 4.78 is 68.3. The number of benzene rings is 4. The monoisotopic (exact) mass is 1300 g/mol. The Balaban J connectivity index is 0.723. The number of ether oxygens (including phenoxy) is 2. The van der Waals surface area contributed by atoms with E-state index in [4.69, 9.17) is 15.2 Å². The van der Waals surface area contributed by atoms with E-state index in [9.17, 15) is 47.2 Å². The minimum Gasteiger partial charge on any atom is -0.463 e. The maximum absolute atomic E-state index is 15.3. The molecule has 2 fully saturated rings. The SMILES string of the molecule is CCOC(=O)C1=C(C)N(c2cccc(C(C)(C)F)c2)C(=O)N(CCCN2CCN(C(=O)c3ccc(-c4ccc(C(=O)N5CCN(CCCN6C(=O)N(c7cccc(C(F)(F)F)c7)C(C)=C(C(=O)OCC)C6c6ccc(C#N)cc6)CC5)cn4)nc3)CC2)C1c1ccc(N)cc1. The fourth-order valence-corrected chi connectivity index (χ4v) is 12.6. The first-order valence-electron chi connectivity index (χ1n) is 31.7. The summed E-state index contributed by atoms with van der Waals surface area (Å²) in [5.41, 5.74) is 8.84. The lowest BCUT2D eigenvalue weighted by Crippen LogP contribution is -2.52. The fourth-order valence-electron chi connectivity index (χ4n) is 12.6. The van der Waals surface area contributed by atoms with Gasteiger partial charge in [0.2, 0.25) is 0 Å². The zero-order valence-electron chi connectivity index (χ0n) is 53.9. The first kappa shape index (κ1) is 67.9. The van der Waals surface area contributed by atoms with Gasteiger partial charge in [-0.25, -0.2) is 23.6 Å². The maximum atomic E-state index is 15.3. The van der Waals surface area contributed by atoms with Crippen LogP contribution in [0.2, 0.25) is 0 Å². The molecule has 6 aromatic rings. The second-order valence-electron chi connectivity index (χ2n) is 24.2. The first-order chi connectivity index (χ1) is 45.5. The van der Waals surface area contributed by atoms with Crippen molar-refractivity contribution in [2.75, 3.05) is 107 Å². The van der Waals surface area contributed by atoms with Gasteiger partial charge < -0.3 is 34.8 Å². The highest BCUT2D eigenvalue weighted by Crippen LogP contribution is 2.44. The van der Waals surface area contributed by atoms with E-state index in [0.717, 1.165) is 17.0 Å². The van der Waals surface area contributed by atoms with Gasteiger partial charge in [-0.1, -0.05) is 42.5 Å². The number of nitrogens with two attached hydrogens (primary N) is 1. The van der Waals surface area contributed by atoms with Crippen LogP contribution in [0.3, 0.4) is 0 Å². The van der Waals surface area contributed by atoms with Gasteiger partial charge in [0.05, 0.1) is 87.5 Å². The zero-order valence-corrected chi connectivity index (χ0v) is 53.9. The van der Waals surface area contributed by atoms with Crippen LogP contribution in [-0.4, -0.2) is 167 Å². The Morgan fingerprint density at radius 1 is 0.568 bits per heavy atom. The number of allylic oxidation sites excluding steroid dienone is 2. The Labute approximate surface area is 549 Å². The number of nitriles is 1. The third-order valence-electron chi connectivity index (χ3n) is 17.7. The van der Waals surface area contributed by atoms with Gasteiger partial charge in [0.1, 0.15) is 5.67 Å². The van der Waals surface area contributed by atoms with Gasteiger partial charge in [-0.2, -0.15) is 18.4 Å². The molecule has 0 saturated carbocycles. The molecule has 4 aromatic carbocycles. The summed E-state index contributed by atoms with van der Waals surface area (Å²) in [5.74, 6) is -1.70. The molecule has 0 radical (unpaired) electrons. The maximum Gasteiger partial charge on any atom is 0.416 e.